The van der Waals surface area contributed by atoms with Gasteiger partial charge in [0.25, 0.3) is 0 Å². The summed E-state index contributed by atoms with van der Waals surface area (Å²) in [6, 6.07) is 0. The summed E-state index contributed by atoms with van der Waals surface area (Å²) < 4.78 is 62.3. The van der Waals surface area contributed by atoms with E-state index in [1.54, 1.807) is 0 Å². The largest absolute Gasteiger partial charge is 0.424 e. The van der Waals surface area contributed by atoms with Crippen molar-refractivity contribution in [1.29, 1.82) is 0 Å². The number of halogens is 6. The van der Waals surface area contributed by atoms with E-state index in [0.717, 1.165) is 6.08 Å². The molecule has 0 aromatic rings. The van der Waals surface area contributed by atoms with Crippen LogP contribution in [0.5, 0.6) is 0 Å². The Kier molecular flexibility index (Phi) is 4.95. The Morgan fingerprint density at radius 2 is 1.65 bits per heavy atom. The van der Waals surface area contributed by atoms with E-state index in [1.165, 1.54) is 13.8 Å². The molecule has 0 aliphatic heterocycles. The molecule has 0 aromatic carbocycles. The lowest BCUT2D eigenvalue weighted by molar-refractivity contribution is -0.316. The molecule has 0 spiro atoms. The monoisotopic (exact) mass is 282 g/mol. The van der Waals surface area contributed by atoms with Crippen molar-refractivity contribution >= 4 is 11.6 Å². The van der Waals surface area contributed by atoms with Crippen molar-refractivity contribution in [2.45, 2.75) is 43.5 Å². The summed E-state index contributed by atoms with van der Waals surface area (Å²) in [6.45, 7) is 2.91. The first-order chi connectivity index (χ1) is 7.31. The zero-order valence-corrected chi connectivity index (χ0v) is 9.78. The fourth-order valence-electron chi connectivity index (χ4n) is 1.14. The number of hydrogen-bond acceptors (Lipinski definition) is 2. The van der Waals surface area contributed by atoms with Crippen LogP contribution in [0, 0.1) is 0 Å². The Morgan fingerprint density at radius 3 is 1.88 bits per heavy atom. The average Bonchev–Trinajstić information content (AvgIpc) is 1.97. The summed E-state index contributed by atoms with van der Waals surface area (Å²) in [7, 11) is 0. The van der Waals surface area contributed by atoms with Crippen molar-refractivity contribution in [3.8, 4) is 0 Å². The first-order valence-corrected chi connectivity index (χ1v) is 4.88. The van der Waals surface area contributed by atoms with E-state index in [2.05, 4.69) is 11.6 Å². The Hall–Kier alpha value is -0.400. The zero-order chi connectivity index (χ0) is 14.1. The van der Waals surface area contributed by atoms with Gasteiger partial charge in [-0.15, -0.1) is 0 Å². The molecule has 17 heavy (non-hydrogen) atoms. The maximum atomic E-state index is 12.6. The second kappa shape index (κ2) is 5.07. The molecule has 0 aromatic heterocycles. The number of rotatable bonds is 4. The van der Waals surface area contributed by atoms with Crippen LogP contribution in [0.25, 0.3) is 0 Å². The van der Waals surface area contributed by atoms with Gasteiger partial charge in [-0.2, -0.15) is 22.0 Å². The summed E-state index contributed by atoms with van der Waals surface area (Å²) in [5, 5.41) is 13.2. The SMILES string of the molecule is CC(C)=CC(O)CC(O)(C(F)(F)F)C(F)(F)Cl. The van der Waals surface area contributed by atoms with Gasteiger partial charge in [-0.05, 0) is 25.4 Å². The van der Waals surface area contributed by atoms with Gasteiger partial charge in [-0.1, -0.05) is 11.6 Å². The van der Waals surface area contributed by atoms with Gasteiger partial charge in [0.1, 0.15) is 0 Å². The van der Waals surface area contributed by atoms with E-state index < -0.39 is 29.7 Å². The summed E-state index contributed by atoms with van der Waals surface area (Å²) in [5.74, 6) is 0. The third-order valence-corrected chi connectivity index (χ3v) is 2.28. The molecule has 0 rings (SSSR count). The van der Waals surface area contributed by atoms with Crippen LogP contribution in [-0.2, 0) is 0 Å². The van der Waals surface area contributed by atoms with Crippen LogP contribution in [0.3, 0.4) is 0 Å². The van der Waals surface area contributed by atoms with E-state index in [-0.39, 0.29) is 0 Å². The minimum Gasteiger partial charge on any atom is -0.389 e. The van der Waals surface area contributed by atoms with Gasteiger partial charge in [0.15, 0.2) is 0 Å². The highest BCUT2D eigenvalue weighted by atomic mass is 35.5. The third-order valence-electron chi connectivity index (χ3n) is 1.97. The van der Waals surface area contributed by atoms with Gasteiger partial charge in [0.05, 0.1) is 6.10 Å². The summed E-state index contributed by atoms with van der Waals surface area (Å²) >= 11 is 4.27. The molecular formula is C9H12ClF5O2. The molecule has 0 radical (unpaired) electrons. The third kappa shape index (κ3) is 4.08. The normalized spacial score (nSPS) is 18.5. The van der Waals surface area contributed by atoms with Gasteiger partial charge in [-0.3, -0.25) is 0 Å². The molecule has 2 nitrogen and oxygen atoms in total. The van der Waals surface area contributed by atoms with Crippen LogP contribution < -0.4 is 0 Å². The number of aliphatic hydroxyl groups is 2. The zero-order valence-electron chi connectivity index (χ0n) is 9.02. The minimum atomic E-state index is -5.66. The van der Waals surface area contributed by atoms with Crippen molar-refractivity contribution in [3.63, 3.8) is 0 Å². The van der Waals surface area contributed by atoms with Crippen molar-refractivity contribution in [2.75, 3.05) is 0 Å². The van der Waals surface area contributed by atoms with Crippen LogP contribution in [-0.4, -0.2) is 33.5 Å². The van der Waals surface area contributed by atoms with Gasteiger partial charge >= 0.3 is 11.6 Å². The highest BCUT2D eigenvalue weighted by Gasteiger charge is 2.68. The van der Waals surface area contributed by atoms with Crippen LogP contribution in [0.2, 0.25) is 0 Å². The molecule has 0 aliphatic rings. The number of aliphatic hydroxyl groups excluding tert-OH is 1. The lowest BCUT2D eigenvalue weighted by atomic mass is 9.94. The van der Waals surface area contributed by atoms with E-state index in [1.807, 2.05) is 0 Å². The van der Waals surface area contributed by atoms with Gasteiger partial charge in [-0.25, -0.2) is 0 Å². The second-order valence-electron chi connectivity index (χ2n) is 3.87. The fraction of sp³-hybridized carbons (Fsp3) is 0.778. The summed E-state index contributed by atoms with van der Waals surface area (Å²) in [5.41, 5.74) is -4.06. The van der Waals surface area contributed by atoms with E-state index in [4.69, 9.17) is 10.2 Å². The summed E-state index contributed by atoms with van der Waals surface area (Å²) in [4.78, 5) is 0. The molecule has 2 unspecified atom stereocenters. The van der Waals surface area contributed by atoms with E-state index in [9.17, 15) is 22.0 Å². The van der Waals surface area contributed by atoms with Crippen molar-refractivity contribution in [1.82, 2.24) is 0 Å². The molecule has 8 heteroatoms. The molecule has 102 valence electrons. The van der Waals surface area contributed by atoms with Crippen LogP contribution in [0.15, 0.2) is 11.6 Å². The quantitative estimate of drug-likeness (QED) is 0.473. The smallest absolute Gasteiger partial charge is 0.389 e. The van der Waals surface area contributed by atoms with Gasteiger partial charge in [0, 0.05) is 6.42 Å². The maximum Gasteiger partial charge on any atom is 0.424 e. The Morgan fingerprint density at radius 1 is 1.24 bits per heavy atom. The van der Waals surface area contributed by atoms with Gasteiger partial charge in [0.2, 0.25) is 5.60 Å². The Labute approximate surface area is 99.7 Å². The van der Waals surface area contributed by atoms with Crippen molar-refractivity contribution in [3.05, 3.63) is 11.6 Å². The highest BCUT2D eigenvalue weighted by molar-refractivity contribution is 6.22. The molecule has 0 saturated carbocycles. The average molecular weight is 283 g/mol. The molecular weight excluding hydrogens is 271 g/mol. The molecule has 2 N–H and O–H groups in total. The van der Waals surface area contributed by atoms with Crippen LogP contribution in [0.1, 0.15) is 20.3 Å². The molecule has 0 aliphatic carbocycles. The highest BCUT2D eigenvalue weighted by Crippen LogP contribution is 2.47. The lowest BCUT2D eigenvalue weighted by Gasteiger charge is -2.34. The van der Waals surface area contributed by atoms with Crippen molar-refractivity contribution in [2.24, 2.45) is 0 Å². The topological polar surface area (TPSA) is 40.5 Å². The number of alkyl halides is 6. The molecule has 2 atom stereocenters. The van der Waals surface area contributed by atoms with Crippen LogP contribution >= 0.6 is 11.6 Å². The van der Waals surface area contributed by atoms with Gasteiger partial charge < -0.3 is 10.2 Å². The standard InChI is InChI=1S/C9H12ClF5O2/c1-5(2)3-6(16)4-7(17,8(10,11)12)9(13,14)15/h3,6,16-17H,4H2,1-2H3. The van der Waals surface area contributed by atoms with Crippen LogP contribution in [0.4, 0.5) is 22.0 Å². The molecule has 0 saturated heterocycles. The Balaban J connectivity index is 5.19. The van der Waals surface area contributed by atoms with E-state index in [0.29, 0.717) is 5.57 Å². The lowest BCUT2D eigenvalue weighted by Crippen LogP contribution is -2.57. The molecule has 0 amide bonds. The number of hydrogen-bond donors (Lipinski definition) is 2. The predicted octanol–water partition coefficient (Wildman–Crippen LogP) is 2.83. The maximum absolute atomic E-state index is 12.6. The molecule has 0 fully saturated rings. The Bertz CT molecular complexity index is 277. The summed E-state index contributed by atoms with van der Waals surface area (Å²) in [6.07, 6.45) is -8.26. The van der Waals surface area contributed by atoms with E-state index >= 15 is 0 Å². The minimum absolute atomic E-state index is 0.417. The molecule has 0 heterocycles. The fourth-order valence-corrected chi connectivity index (χ4v) is 1.32. The second-order valence-corrected chi connectivity index (χ2v) is 4.35. The van der Waals surface area contributed by atoms with Crippen molar-refractivity contribution < 1.29 is 32.2 Å². The first kappa shape index (κ1) is 16.6. The predicted molar refractivity (Wildman–Crippen MR) is 51.9 cm³/mol. The number of allylic oxidation sites excluding steroid dienone is 1. The molecule has 0 bridgehead atoms. The first-order valence-electron chi connectivity index (χ1n) is 4.50.